The fraction of sp³-hybridized carbons (Fsp3) is 0.833. The summed E-state index contributed by atoms with van der Waals surface area (Å²) in [6.45, 7) is 2.82. The number of carboxylic acids is 1. The molecule has 0 aromatic carbocycles. The van der Waals surface area contributed by atoms with Crippen LogP contribution < -0.4 is 5.32 Å². The Morgan fingerprint density at radius 1 is 1.50 bits per heavy atom. The molecule has 2 amide bonds. The van der Waals surface area contributed by atoms with Gasteiger partial charge < -0.3 is 20.4 Å². The topological polar surface area (TPSA) is 89.9 Å². The van der Waals surface area contributed by atoms with Crippen molar-refractivity contribution in [3.05, 3.63) is 0 Å². The van der Waals surface area contributed by atoms with Gasteiger partial charge in [-0.05, 0) is 25.7 Å². The number of likely N-dealkylation sites (tertiary alicyclic amines) is 1. The van der Waals surface area contributed by atoms with Crippen molar-refractivity contribution in [3.8, 4) is 0 Å². The summed E-state index contributed by atoms with van der Waals surface area (Å²) >= 11 is 0. The van der Waals surface area contributed by atoms with Gasteiger partial charge in [0.15, 0.2) is 0 Å². The number of carbonyl (C=O) groups is 2. The average Bonchev–Trinajstić information content (AvgIpc) is 2.82. The summed E-state index contributed by atoms with van der Waals surface area (Å²) in [5.74, 6) is -1.18. The minimum absolute atomic E-state index is 0.00344. The number of carboxylic acid groups (broad SMARTS) is 1. The third-order valence-corrected chi connectivity index (χ3v) is 3.36. The number of hydrogen-bond acceptors (Lipinski definition) is 3. The maximum Gasteiger partial charge on any atom is 0.317 e. The Morgan fingerprint density at radius 3 is 2.83 bits per heavy atom. The van der Waals surface area contributed by atoms with Gasteiger partial charge in [0, 0.05) is 13.1 Å². The summed E-state index contributed by atoms with van der Waals surface area (Å²) in [6, 6.07) is -0.225. The molecule has 0 aromatic rings. The second kappa shape index (κ2) is 7.20. The van der Waals surface area contributed by atoms with Gasteiger partial charge in [0.05, 0.1) is 18.6 Å². The number of amides is 2. The van der Waals surface area contributed by atoms with Gasteiger partial charge in [-0.15, -0.1) is 0 Å². The molecule has 1 heterocycles. The normalized spacial score (nSPS) is 20.8. The lowest BCUT2D eigenvalue weighted by molar-refractivity contribution is -0.141. The predicted octanol–water partition coefficient (Wildman–Crippen LogP) is 0.654. The largest absolute Gasteiger partial charge is 0.481 e. The summed E-state index contributed by atoms with van der Waals surface area (Å²) in [6.07, 6.45) is 2.98. The molecule has 0 bridgehead atoms. The van der Waals surface area contributed by atoms with Gasteiger partial charge in [0.2, 0.25) is 0 Å². The molecule has 1 rings (SSSR count). The van der Waals surface area contributed by atoms with E-state index < -0.39 is 5.97 Å². The number of carbonyl (C=O) groups excluding carboxylic acids is 1. The van der Waals surface area contributed by atoms with Crippen LogP contribution >= 0.6 is 0 Å². The third kappa shape index (κ3) is 4.18. The molecule has 0 aliphatic carbocycles. The number of nitrogens with zero attached hydrogens (tertiary/aromatic N) is 1. The van der Waals surface area contributed by atoms with E-state index in [0.717, 1.165) is 12.8 Å². The van der Waals surface area contributed by atoms with E-state index in [1.54, 1.807) is 11.8 Å². The average molecular weight is 258 g/mol. The number of rotatable bonds is 6. The predicted molar refractivity (Wildman–Crippen MR) is 66.2 cm³/mol. The van der Waals surface area contributed by atoms with Crippen molar-refractivity contribution in [2.24, 2.45) is 5.92 Å². The maximum absolute atomic E-state index is 11.8. The monoisotopic (exact) mass is 258 g/mol. The highest BCUT2D eigenvalue weighted by Crippen LogP contribution is 2.16. The standard InChI is InChI=1S/C12H22N2O4/c1-9(11(16)17)4-2-6-13-12(18)14-7-3-5-10(14)8-15/h9-10,15H,2-8H2,1H3,(H,13,18)(H,16,17). The highest BCUT2D eigenvalue weighted by Gasteiger charge is 2.27. The van der Waals surface area contributed by atoms with Crippen molar-refractivity contribution < 1.29 is 19.8 Å². The van der Waals surface area contributed by atoms with E-state index in [0.29, 0.717) is 25.9 Å². The van der Waals surface area contributed by atoms with E-state index in [9.17, 15) is 9.59 Å². The zero-order chi connectivity index (χ0) is 13.5. The molecule has 2 unspecified atom stereocenters. The fourth-order valence-corrected chi connectivity index (χ4v) is 2.12. The first-order valence-electron chi connectivity index (χ1n) is 6.44. The molecule has 0 radical (unpaired) electrons. The number of nitrogens with one attached hydrogen (secondary N) is 1. The summed E-state index contributed by atoms with van der Waals surface area (Å²) in [7, 11) is 0. The number of aliphatic hydroxyl groups excluding tert-OH is 1. The molecule has 18 heavy (non-hydrogen) atoms. The van der Waals surface area contributed by atoms with Gasteiger partial charge >= 0.3 is 12.0 Å². The highest BCUT2D eigenvalue weighted by molar-refractivity contribution is 5.74. The second-order valence-electron chi connectivity index (χ2n) is 4.79. The quantitative estimate of drug-likeness (QED) is 0.610. The highest BCUT2D eigenvalue weighted by atomic mass is 16.4. The van der Waals surface area contributed by atoms with Crippen LogP contribution in [0.5, 0.6) is 0 Å². The van der Waals surface area contributed by atoms with E-state index in [-0.39, 0.29) is 24.6 Å². The van der Waals surface area contributed by atoms with Gasteiger partial charge in [-0.2, -0.15) is 0 Å². The van der Waals surface area contributed by atoms with Crippen molar-refractivity contribution in [2.45, 2.75) is 38.6 Å². The smallest absolute Gasteiger partial charge is 0.317 e. The zero-order valence-corrected chi connectivity index (χ0v) is 10.8. The SMILES string of the molecule is CC(CCCNC(=O)N1CCCC1CO)C(=O)O. The molecule has 1 saturated heterocycles. The summed E-state index contributed by atoms with van der Waals surface area (Å²) in [5.41, 5.74) is 0. The summed E-state index contributed by atoms with van der Waals surface area (Å²) in [5, 5.41) is 20.6. The molecule has 6 nitrogen and oxygen atoms in total. The van der Waals surface area contributed by atoms with Crippen molar-refractivity contribution in [2.75, 3.05) is 19.7 Å². The molecular weight excluding hydrogens is 236 g/mol. The molecule has 104 valence electrons. The minimum atomic E-state index is -0.804. The van der Waals surface area contributed by atoms with Gasteiger partial charge in [-0.25, -0.2) is 4.79 Å². The minimum Gasteiger partial charge on any atom is -0.481 e. The van der Waals surface area contributed by atoms with Crippen LogP contribution in [0.3, 0.4) is 0 Å². The van der Waals surface area contributed by atoms with Crippen LogP contribution in [-0.2, 0) is 4.79 Å². The molecule has 6 heteroatoms. The molecule has 0 aromatic heterocycles. The lowest BCUT2D eigenvalue weighted by Crippen LogP contribution is -2.44. The van der Waals surface area contributed by atoms with Crippen LogP contribution in [0.25, 0.3) is 0 Å². The van der Waals surface area contributed by atoms with Crippen LogP contribution in [0.1, 0.15) is 32.6 Å². The number of aliphatic hydroxyl groups is 1. The van der Waals surface area contributed by atoms with E-state index in [4.69, 9.17) is 10.2 Å². The first-order chi connectivity index (χ1) is 8.56. The van der Waals surface area contributed by atoms with Crippen molar-refractivity contribution in [3.63, 3.8) is 0 Å². The van der Waals surface area contributed by atoms with Gasteiger partial charge in [0.25, 0.3) is 0 Å². The van der Waals surface area contributed by atoms with Crippen LogP contribution in [0.15, 0.2) is 0 Å². The Labute approximate surface area is 107 Å². The van der Waals surface area contributed by atoms with Gasteiger partial charge in [-0.1, -0.05) is 6.92 Å². The first-order valence-corrected chi connectivity index (χ1v) is 6.44. The van der Waals surface area contributed by atoms with Crippen LogP contribution in [0.4, 0.5) is 4.79 Å². The molecule has 2 atom stereocenters. The van der Waals surface area contributed by atoms with Crippen molar-refractivity contribution >= 4 is 12.0 Å². The molecule has 0 saturated carbocycles. The lowest BCUT2D eigenvalue weighted by atomic mass is 10.1. The fourth-order valence-electron chi connectivity index (χ4n) is 2.12. The summed E-state index contributed by atoms with van der Waals surface area (Å²) < 4.78 is 0. The molecular formula is C12H22N2O4. The van der Waals surface area contributed by atoms with E-state index >= 15 is 0 Å². The first kappa shape index (κ1) is 14.8. The van der Waals surface area contributed by atoms with E-state index in [1.165, 1.54) is 0 Å². The molecule has 1 aliphatic heterocycles. The maximum atomic E-state index is 11.8. The number of aliphatic carboxylic acids is 1. The van der Waals surface area contributed by atoms with Crippen LogP contribution in [-0.4, -0.2) is 52.9 Å². The van der Waals surface area contributed by atoms with E-state index in [2.05, 4.69) is 5.32 Å². The number of urea groups is 1. The molecule has 3 N–H and O–H groups in total. The summed E-state index contributed by atoms with van der Waals surface area (Å²) in [4.78, 5) is 24.0. The molecule has 0 spiro atoms. The molecule has 1 fully saturated rings. The third-order valence-electron chi connectivity index (χ3n) is 3.36. The Morgan fingerprint density at radius 2 is 2.22 bits per heavy atom. The molecule has 1 aliphatic rings. The Bertz CT molecular complexity index is 296. The van der Waals surface area contributed by atoms with Crippen LogP contribution in [0.2, 0.25) is 0 Å². The zero-order valence-electron chi connectivity index (χ0n) is 10.8. The van der Waals surface area contributed by atoms with Gasteiger partial charge in [-0.3, -0.25) is 4.79 Å². The number of hydrogen-bond donors (Lipinski definition) is 3. The van der Waals surface area contributed by atoms with Crippen molar-refractivity contribution in [1.29, 1.82) is 0 Å². The Hall–Kier alpha value is -1.30. The van der Waals surface area contributed by atoms with Crippen molar-refractivity contribution in [1.82, 2.24) is 10.2 Å². The lowest BCUT2D eigenvalue weighted by Gasteiger charge is -2.23. The second-order valence-corrected chi connectivity index (χ2v) is 4.79. The van der Waals surface area contributed by atoms with Gasteiger partial charge in [0.1, 0.15) is 0 Å². The Kier molecular flexibility index (Phi) is 5.91. The van der Waals surface area contributed by atoms with Crippen LogP contribution in [0, 0.1) is 5.92 Å². The van der Waals surface area contributed by atoms with E-state index in [1.807, 2.05) is 0 Å². The Balaban J connectivity index is 2.19.